The van der Waals surface area contributed by atoms with Gasteiger partial charge in [-0.05, 0) is 51.7 Å². The summed E-state index contributed by atoms with van der Waals surface area (Å²) in [7, 11) is -6.47. The van der Waals surface area contributed by atoms with Gasteiger partial charge in [0, 0.05) is 19.4 Å². The molecule has 0 saturated heterocycles. The zero-order valence-electron chi connectivity index (χ0n) is 16.5. The molecular weight excluding hydrogens is 374 g/mol. The van der Waals surface area contributed by atoms with Crippen LogP contribution >= 0.6 is 0 Å². The van der Waals surface area contributed by atoms with E-state index < -0.39 is 19.9 Å². The summed E-state index contributed by atoms with van der Waals surface area (Å²) in [6.07, 6.45) is 1.95. The van der Waals surface area contributed by atoms with Gasteiger partial charge in [0.1, 0.15) is 9.84 Å². The van der Waals surface area contributed by atoms with Crippen molar-refractivity contribution in [3.8, 4) is 0 Å². The maximum atomic E-state index is 11.5. The molecule has 0 aliphatic rings. The van der Waals surface area contributed by atoms with Crippen molar-refractivity contribution in [2.24, 2.45) is 0 Å². The Morgan fingerprint density at radius 3 is 1.92 bits per heavy atom. The van der Waals surface area contributed by atoms with Crippen LogP contribution in [0.3, 0.4) is 0 Å². The molecule has 1 N–H and O–H groups in total. The van der Waals surface area contributed by atoms with Gasteiger partial charge in [0.2, 0.25) is 10.0 Å². The highest BCUT2D eigenvalue weighted by Gasteiger charge is 2.11. The molecule has 0 unspecified atom stereocenters. The highest BCUT2D eigenvalue weighted by Crippen LogP contribution is 2.02. The Morgan fingerprint density at radius 1 is 0.962 bits per heavy atom. The molecule has 0 bridgehead atoms. The second-order valence-corrected chi connectivity index (χ2v) is 10.7. The molecule has 26 heavy (non-hydrogen) atoms. The first-order valence-electron chi connectivity index (χ1n) is 8.72. The maximum Gasteiger partial charge on any atom is 0.211 e. The van der Waals surface area contributed by atoms with E-state index in [0.717, 1.165) is 6.26 Å². The topological polar surface area (TPSA) is 89.5 Å². The molecule has 8 heteroatoms. The molecule has 0 amide bonds. The first-order valence-corrected chi connectivity index (χ1v) is 12.4. The summed E-state index contributed by atoms with van der Waals surface area (Å²) in [6, 6.07) is 8.36. The number of benzene rings is 1. The highest BCUT2D eigenvalue weighted by atomic mass is 32.2. The van der Waals surface area contributed by atoms with Gasteiger partial charge >= 0.3 is 0 Å². The predicted octanol–water partition coefficient (Wildman–Crippen LogP) is 2.46. The quantitative estimate of drug-likeness (QED) is 0.602. The number of sulfone groups is 1. The molecule has 6 nitrogen and oxygen atoms in total. The van der Waals surface area contributed by atoms with Gasteiger partial charge in [-0.2, -0.15) is 0 Å². The second kappa shape index (κ2) is 12.4. The monoisotopic (exact) mass is 407 g/mol. The normalized spacial score (nSPS) is 11.9. The largest absolute Gasteiger partial charge is 0.379 e. The fourth-order valence-corrected chi connectivity index (χ4v) is 3.84. The lowest BCUT2D eigenvalue weighted by molar-refractivity contribution is 0.0778. The summed E-state index contributed by atoms with van der Waals surface area (Å²) in [5.41, 5.74) is 2.74. The van der Waals surface area contributed by atoms with E-state index in [-0.39, 0.29) is 24.0 Å². The summed E-state index contributed by atoms with van der Waals surface area (Å²) in [4.78, 5) is 0. The standard InChI is InChI=1S/C10H23NO5S2.C8H10/c1-10(2)16-7-4-6-11-18(14,15)9-5-8-17(3,12)13;1-7-5-3-4-6-8(7)2/h10-11H,4-9H2,1-3H3;3-6H,1-2H3. The Labute approximate surface area is 159 Å². The van der Waals surface area contributed by atoms with E-state index in [4.69, 9.17) is 4.74 Å². The molecule has 0 atom stereocenters. The minimum atomic E-state index is -3.37. The molecule has 0 spiro atoms. The summed E-state index contributed by atoms with van der Waals surface area (Å²) in [6.45, 7) is 8.88. The third kappa shape index (κ3) is 15.3. The molecule has 0 heterocycles. The summed E-state index contributed by atoms with van der Waals surface area (Å²) < 4.78 is 52.3. The molecule has 0 radical (unpaired) electrons. The van der Waals surface area contributed by atoms with Gasteiger partial charge in [0.25, 0.3) is 0 Å². The van der Waals surface area contributed by atoms with Crippen LogP contribution < -0.4 is 4.72 Å². The lowest BCUT2D eigenvalue weighted by Crippen LogP contribution is -2.29. The van der Waals surface area contributed by atoms with Crippen LogP contribution in [-0.2, 0) is 24.6 Å². The number of aryl methyl sites for hydroxylation is 2. The van der Waals surface area contributed by atoms with Gasteiger partial charge in [0.05, 0.1) is 17.6 Å². The van der Waals surface area contributed by atoms with Crippen molar-refractivity contribution in [1.29, 1.82) is 0 Å². The third-order valence-electron chi connectivity index (χ3n) is 3.45. The van der Waals surface area contributed by atoms with Crippen LogP contribution in [0.1, 0.15) is 37.8 Å². The van der Waals surface area contributed by atoms with Crippen molar-refractivity contribution < 1.29 is 21.6 Å². The van der Waals surface area contributed by atoms with Crippen LogP contribution in [-0.4, -0.2) is 53.9 Å². The van der Waals surface area contributed by atoms with Gasteiger partial charge in [-0.15, -0.1) is 0 Å². The first kappa shape index (κ1) is 25.0. The van der Waals surface area contributed by atoms with E-state index in [1.165, 1.54) is 11.1 Å². The number of sulfonamides is 1. The number of rotatable bonds is 10. The maximum absolute atomic E-state index is 11.5. The van der Waals surface area contributed by atoms with Crippen molar-refractivity contribution >= 4 is 19.9 Å². The first-order chi connectivity index (χ1) is 11.9. The minimum absolute atomic E-state index is 0.107. The summed E-state index contributed by atoms with van der Waals surface area (Å²) in [5.74, 6) is -0.268. The fraction of sp³-hybridized carbons (Fsp3) is 0.667. The van der Waals surface area contributed by atoms with E-state index >= 15 is 0 Å². The van der Waals surface area contributed by atoms with Crippen molar-refractivity contribution in [2.75, 3.05) is 30.9 Å². The van der Waals surface area contributed by atoms with Crippen molar-refractivity contribution in [3.63, 3.8) is 0 Å². The summed E-state index contributed by atoms with van der Waals surface area (Å²) in [5, 5.41) is 0. The van der Waals surface area contributed by atoms with Crippen LogP contribution in [0, 0.1) is 13.8 Å². The van der Waals surface area contributed by atoms with Crippen molar-refractivity contribution in [2.45, 2.75) is 46.6 Å². The highest BCUT2D eigenvalue weighted by molar-refractivity contribution is 7.91. The Balaban J connectivity index is 0.000000642. The average molecular weight is 408 g/mol. The molecule has 0 aliphatic heterocycles. The number of hydrogen-bond donors (Lipinski definition) is 1. The SMILES string of the molecule is CC(C)OCCCNS(=O)(=O)CCCS(C)(=O)=O.Cc1ccccc1C. The van der Waals surface area contributed by atoms with E-state index in [0.29, 0.717) is 19.6 Å². The Kier molecular flexibility index (Phi) is 12.0. The average Bonchev–Trinajstić information content (AvgIpc) is 2.48. The Morgan fingerprint density at radius 2 is 1.50 bits per heavy atom. The van der Waals surface area contributed by atoms with Crippen LogP contribution in [0.15, 0.2) is 24.3 Å². The van der Waals surface area contributed by atoms with Gasteiger partial charge in [-0.3, -0.25) is 0 Å². The van der Waals surface area contributed by atoms with Crippen LogP contribution in [0.4, 0.5) is 0 Å². The molecule has 1 rings (SSSR count). The van der Waals surface area contributed by atoms with E-state index in [1.807, 2.05) is 13.8 Å². The minimum Gasteiger partial charge on any atom is -0.379 e. The zero-order valence-corrected chi connectivity index (χ0v) is 18.1. The molecule has 0 fully saturated rings. The van der Waals surface area contributed by atoms with Crippen molar-refractivity contribution in [3.05, 3.63) is 35.4 Å². The van der Waals surface area contributed by atoms with Crippen LogP contribution in [0.5, 0.6) is 0 Å². The molecule has 1 aromatic rings. The number of nitrogens with one attached hydrogen (secondary N) is 1. The smallest absolute Gasteiger partial charge is 0.211 e. The summed E-state index contributed by atoms with van der Waals surface area (Å²) >= 11 is 0. The third-order valence-corrected chi connectivity index (χ3v) is 5.95. The molecule has 0 aromatic heterocycles. The number of ether oxygens (including phenoxy) is 1. The zero-order chi connectivity index (χ0) is 20.2. The van der Waals surface area contributed by atoms with Gasteiger partial charge in [-0.1, -0.05) is 24.3 Å². The lowest BCUT2D eigenvalue weighted by atomic mass is 10.1. The Hall–Kier alpha value is -0.960. The van der Waals surface area contributed by atoms with Crippen LogP contribution in [0.2, 0.25) is 0 Å². The van der Waals surface area contributed by atoms with Gasteiger partial charge < -0.3 is 4.74 Å². The predicted molar refractivity (Wildman–Crippen MR) is 108 cm³/mol. The molecule has 152 valence electrons. The number of hydrogen-bond acceptors (Lipinski definition) is 5. The molecular formula is C18H33NO5S2. The van der Waals surface area contributed by atoms with Gasteiger partial charge in [0.15, 0.2) is 0 Å². The molecule has 0 saturated carbocycles. The second-order valence-electron chi connectivity index (χ2n) is 6.55. The Bertz CT molecular complexity index is 692. The van der Waals surface area contributed by atoms with Crippen molar-refractivity contribution in [1.82, 2.24) is 4.72 Å². The molecule has 1 aromatic carbocycles. The van der Waals surface area contributed by atoms with E-state index in [1.54, 1.807) is 0 Å². The lowest BCUT2D eigenvalue weighted by Gasteiger charge is -2.08. The van der Waals surface area contributed by atoms with Gasteiger partial charge in [-0.25, -0.2) is 21.6 Å². The van der Waals surface area contributed by atoms with E-state index in [9.17, 15) is 16.8 Å². The fourth-order valence-electron chi connectivity index (χ4n) is 1.86. The van der Waals surface area contributed by atoms with Crippen LogP contribution in [0.25, 0.3) is 0 Å². The molecule has 0 aliphatic carbocycles. The van der Waals surface area contributed by atoms with E-state index in [2.05, 4.69) is 42.8 Å².